The first-order valence-electron chi connectivity index (χ1n) is 12.1. The largest absolute Gasteiger partial charge is 0.494 e. The highest BCUT2D eigenvalue weighted by molar-refractivity contribution is 5.84. The van der Waals surface area contributed by atoms with Gasteiger partial charge in [-0.3, -0.25) is 4.98 Å². The lowest BCUT2D eigenvalue weighted by molar-refractivity contribution is 0.221. The smallest absolute Gasteiger partial charge is 0.171 e. The maximum Gasteiger partial charge on any atom is 0.171 e. The first-order valence-corrected chi connectivity index (χ1v) is 12.1. The van der Waals surface area contributed by atoms with Gasteiger partial charge in [-0.1, -0.05) is 6.92 Å². The SMILES string of the molecule is CCN1CCC(c2cncc(-c3cnc4[nH]cc(Cc5c(F)c(OC)cc(OC)c5F)c4c3)n2)CC1. The fraction of sp³-hybridized carbons (Fsp3) is 0.370. The first-order chi connectivity index (χ1) is 17.5. The van der Waals surface area contributed by atoms with E-state index in [1.54, 1.807) is 18.6 Å². The predicted octanol–water partition coefficient (Wildman–Crippen LogP) is 5.11. The molecule has 9 heteroatoms. The van der Waals surface area contributed by atoms with Gasteiger partial charge in [0.1, 0.15) is 5.65 Å². The zero-order chi connectivity index (χ0) is 25.2. The molecule has 0 bridgehead atoms. The Morgan fingerprint density at radius 3 is 2.42 bits per heavy atom. The lowest BCUT2D eigenvalue weighted by Crippen LogP contribution is -2.32. The fourth-order valence-corrected chi connectivity index (χ4v) is 4.89. The number of piperidine rings is 1. The summed E-state index contributed by atoms with van der Waals surface area (Å²) in [6.07, 6.45) is 9.16. The van der Waals surface area contributed by atoms with Crippen molar-refractivity contribution in [2.45, 2.75) is 32.1 Å². The Bertz CT molecular complexity index is 1350. The number of nitrogens with one attached hydrogen (secondary N) is 1. The van der Waals surface area contributed by atoms with Crippen molar-refractivity contribution in [2.75, 3.05) is 33.9 Å². The number of aromatic nitrogens is 4. The molecule has 3 aromatic heterocycles. The lowest BCUT2D eigenvalue weighted by Gasteiger charge is -2.30. The second kappa shape index (κ2) is 10.2. The minimum atomic E-state index is -0.748. The molecule has 0 amide bonds. The zero-order valence-electron chi connectivity index (χ0n) is 20.6. The number of hydrogen-bond acceptors (Lipinski definition) is 6. The molecular formula is C27H29F2N5O2. The summed E-state index contributed by atoms with van der Waals surface area (Å²) in [6.45, 7) is 5.39. The first kappa shape index (κ1) is 24.1. The number of fused-ring (bicyclic) bond motifs is 1. The summed E-state index contributed by atoms with van der Waals surface area (Å²) >= 11 is 0. The Labute approximate surface area is 208 Å². The third-order valence-corrected chi connectivity index (χ3v) is 7.05. The summed E-state index contributed by atoms with van der Waals surface area (Å²) in [6, 6.07) is 3.15. The topological polar surface area (TPSA) is 76.2 Å². The van der Waals surface area contributed by atoms with E-state index in [9.17, 15) is 8.78 Å². The van der Waals surface area contributed by atoms with Crippen LogP contribution in [0.4, 0.5) is 8.78 Å². The molecule has 1 aromatic carbocycles. The van der Waals surface area contributed by atoms with Gasteiger partial charge in [0.2, 0.25) is 0 Å². The molecule has 0 atom stereocenters. The summed E-state index contributed by atoms with van der Waals surface area (Å²) in [5, 5.41) is 0.761. The van der Waals surface area contributed by atoms with Crippen molar-refractivity contribution >= 4 is 11.0 Å². The minimum absolute atomic E-state index is 0.00190. The van der Waals surface area contributed by atoms with Crippen molar-refractivity contribution in [3.63, 3.8) is 0 Å². The Hall–Kier alpha value is -3.59. The number of pyridine rings is 1. The molecule has 0 saturated carbocycles. The molecule has 0 radical (unpaired) electrons. The van der Waals surface area contributed by atoms with Crippen molar-refractivity contribution in [3.05, 3.63) is 65.4 Å². The van der Waals surface area contributed by atoms with Crippen LogP contribution < -0.4 is 9.47 Å². The summed E-state index contributed by atoms with van der Waals surface area (Å²) < 4.78 is 40.1. The van der Waals surface area contributed by atoms with Gasteiger partial charge < -0.3 is 19.4 Å². The highest BCUT2D eigenvalue weighted by atomic mass is 19.1. The van der Waals surface area contributed by atoms with Crippen molar-refractivity contribution in [3.8, 4) is 22.8 Å². The number of benzene rings is 1. The van der Waals surface area contributed by atoms with Gasteiger partial charge in [0, 0.05) is 53.5 Å². The van der Waals surface area contributed by atoms with Gasteiger partial charge in [-0.15, -0.1) is 0 Å². The van der Waals surface area contributed by atoms with Crippen molar-refractivity contribution in [2.24, 2.45) is 0 Å². The summed E-state index contributed by atoms with van der Waals surface area (Å²) in [5.41, 5.74) is 3.72. The van der Waals surface area contributed by atoms with E-state index in [2.05, 4.69) is 26.8 Å². The molecule has 1 aliphatic heterocycles. The quantitative estimate of drug-likeness (QED) is 0.386. The van der Waals surface area contributed by atoms with Crippen LogP contribution in [0.5, 0.6) is 11.5 Å². The number of methoxy groups -OCH3 is 2. The predicted molar refractivity (Wildman–Crippen MR) is 133 cm³/mol. The van der Waals surface area contributed by atoms with E-state index in [-0.39, 0.29) is 23.5 Å². The van der Waals surface area contributed by atoms with E-state index in [1.165, 1.54) is 20.3 Å². The molecule has 1 aliphatic rings. The molecule has 5 rings (SSSR count). The van der Waals surface area contributed by atoms with Crippen molar-refractivity contribution < 1.29 is 18.3 Å². The lowest BCUT2D eigenvalue weighted by atomic mass is 9.93. The number of H-pyrrole nitrogens is 1. The van der Waals surface area contributed by atoms with Gasteiger partial charge in [0.15, 0.2) is 23.1 Å². The van der Waals surface area contributed by atoms with E-state index in [0.717, 1.165) is 54.8 Å². The standard InChI is InChI=1S/C27H29F2N5O2/c1-4-34-7-5-16(6-8-34)21-14-30-15-22(33-21)18-10-19-17(12-31-27(19)32-13-18)9-20-25(28)23(35-2)11-24(36-3)26(20)29/h10-16H,4-9H2,1-3H3,(H,31,32). The van der Waals surface area contributed by atoms with Gasteiger partial charge in [0.25, 0.3) is 0 Å². The van der Waals surface area contributed by atoms with E-state index in [4.69, 9.17) is 14.5 Å². The van der Waals surface area contributed by atoms with Crippen LogP contribution in [-0.4, -0.2) is 58.7 Å². The molecule has 7 nitrogen and oxygen atoms in total. The second-order valence-electron chi connectivity index (χ2n) is 9.04. The molecule has 1 N–H and O–H groups in total. The van der Waals surface area contributed by atoms with Gasteiger partial charge in [-0.05, 0) is 44.1 Å². The third kappa shape index (κ3) is 4.51. The second-order valence-corrected chi connectivity index (χ2v) is 9.04. The molecule has 0 aliphatic carbocycles. The van der Waals surface area contributed by atoms with Crippen molar-refractivity contribution in [1.82, 2.24) is 24.8 Å². The normalized spacial score (nSPS) is 14.9. The van der Waals surface area contributed by atoms with Crippen LogP contribution >= 0.6 is 0 Å². The van der Waals surface area contributed by atoms with E-state index in [1.807, 2.05) is 12.3 Å². The molecule has 1 fully saturated rings. The number of halogens is 2. The molecule has 0 spiro atoms. The summed E-state index contributed by atoms with van der Waals surface area (Å²) in [7, 11) is 2.67. The Kier molecular flexibility index (Phi) is 6.82. The number of hydrogen-bond donors (Lipinski definition) is 1. The molecule has 0 unspecified atom stereocenters. The average molecular weight is 494 g/mol. The van der Waals surface area contributed by atoms with Gasteiger partial charge in [-0.25, -0.2) is 18.7 Å². The van der Waals surface area contributed by atoms with Gasteiger partial charge in [-0.2, -0.15) is 0 Å². The van der Waals surface area contributed by atoms with Gasteiger partial charge >= 0.3 is 0 Å². The Morgan fingerprint density at radius 2 is 1.75 bits per heavy atom. The highest BCUT2D eigenvalue weighted by Gasteiger charge is 2.23. The maximum absolute atomic E-state index is 15.0. The molecule has 188 valence electrons. The van der Waals surface area contributed by atoms with Crippen LogP contribution in [0.25, 0.3) is 22.3 Å². The van der Waals surface area contributed by atoms with Crippen LogP contribution in [0.3, 0.4) is 0 Å². The summed E-state index contributed by atoms with van der Waals surface area (Å²) in [5.74, 6) is -1.25. The fourth-order valence-electron chi connectivity index (χ4n) is 4.89. The molecule has 4 heterocycles. The number of ether oxygens (including phenoxy) is 2. The highest BCUT2D eigenvalue weighted by Crippen LogP contribution is 2.34. The molecular weight excluding hydrogens is 464 g/mol. The Balaban J connectivity index is 1.47. The maximum atomic E-state index is 15.0. The van der Waals surface area contributed by atoms with Crippen LogP contribution in [0.1, 0.15) is 42.5 Å². The van der Waals surface area contributed by atoms with Crippen LogP contribution in [0.2, 0.25) is 0 Å². The number of rotatable bonds is 7. The minimum Gasteiger partial charge on any atom is -0.494 e. The number of nitrogens with zero attached hydrogens (tertiary/aromatic N) is 4. The number of likely N-dealkylation sites (tertiary alicyclic amines) is 1. The molecule has 36 heavy (non-hydrogen) atoms. The third-order valence-electron chi connectivity index (χ3n) is 7.05. The zero-order valence-corrected chi connectivity index (χ0v) is 20.6. The Morgan fingerprint density at radius 1 is 1.03 bits per heavy atom. The molecule has 1 saturated heterocycles. The average Bonchev–Trinajstić information content (AvgIpc) is 3.33. The van der Waals surface area contributed by atoms with Gasteiger partial charge in [0.05, 0.1) is 31.8 Å². The van der Waals surface area contributed by atoms with E-state index >= 15 is 0 Å². The van der Waals surface area contributed by atoms with E-state index in [0.29, 0.717) is 17.1 Å². The van der Waals surface area contributed by atoms with Crippen LogP contribution in [0.15, 0.2) is 36.9 Å². The van der Waals surface area contributed by atoms with Crippen molar-refractivity contribution in [1.29, 1.82) is 0 Å². The van der Waals surface area contributed by atoms with E-state index < -0.39 is 11.6 Å². The summed E-state index contributed by atoms with van der Waals surface area (Å²) in [4.78, 5) is 19.4. The van der Waals surface area contributed by atoms with Crippen LogP contribution in [-0.2, 0) is 6.42 Å². The number of aromatic amines is 1. The molecule has 4 aromatic rings. The monoisotopic (exact) mass is 493 g/mol. The van der Waals surface area contributed by atoms with Crippen LogP contribution in [0, 0.1) is 11.6 Å².